The zero-order chi connectivity index (χ0) is 19.8. The van der Waals surface area contributed by atoms with Gasteiger partial charge in [0.15, 0.2) is 5.96 Å². The Morgan fingerprint density at radius 3 is 2.45 bits per heavy atom. The minimum absolute atomic E-state index is 0. The second-order valence-corrected chi connectivity index (χ2v) is 6.73. The molecule has 0 atom stereocenters. The van der Waals surface area contributed by atoms with Crippen LogP contribution >= 0.6 is 24.0 Å². The lowest BCUT2D eigenvalue weighted by molar-refractivity contribution is 0.409. The molecule has 3 rings (SSSR count). The fraction of sp³-hybridized carbons (Fsp3) is 0.304. The Kier molecular flexibility index (Phi) is 9.18. The Balaban J connectivity index is 0.00000300. The first-order chi connectivity index (χ1) is 13.7. The van der Waals surface area contributed by atoms with Crippen LogP contribution in [0.4, 0.5) is 0 Å². The summed E-state index contributed by atoms with van der Waals surface area (Å²) < 4.78 is 5.45. The molecule has 154 valence electrons. The molecular weight excluding hydrogens is 475 g/mol. The van der Waals surface area contributed by atoms with Gasteiger partial charge in [0.05, 0.1) is 12.6 Å². The molecule has 0 amide bonds. The molecule has 1 aromatic heterocycles. The lowest BCUT2D eigenvalue weighted by Gasteiger charge is -2.14. The van der Waals surface area contributed by atoms with Crippen LogP contribution in [-0.2, 0) is 12.8 Å². The maximum atomic E-state index is 5.45. The Labute approximate surface area is 190 Å². The molecule has 0 saturated carbocycles. The molecule has 6 heteroatoms. The van der Waals surface area contributed by atoms with E-state index in [0.29, 0.717) is 0 Å². The predicted molar refractivity (Wildman–Crippen MR) is 132 cm³/mol. The van der Waals surface area contributed by atoms with Crippen molar-refractivity contribution in [1.82, 2.24) is 15.6 Å². The average molecular weight is 504 g/mol. The number of hydrogen-bond acceptors (Lipinski definition) is 3. The first-order valence-corrected chi connectivity index (χ1v) is 9.62. The first-order valence-electron chi connectivity index (χ1n) is 9.62. The Morgan fingerprint density at radius 2 is 1.72 bits per heavy atom. The Hall–Kier alpha value is -2.35. The van der Waals surface area contributed by atoms with Gasteiger partial charge in [0.2, 0.25) is 0 Å². The van der Waals surface area contributed by atoms with Gasteiger partial charge in [0.1, 0.15) is 5.75 Å². The van der Waals surface area contributed by atoms with Crippen LogP contribution in [0.15, 0.2) is 59.7 Å². The fourth-order valence-electron chi connectivity index (χ4n) is 3.32. The SMILES string of the molecule is CN=C(NCCc1cc(C)ccc1OC)NCCc1cccc2cccnc12.I. The normalized spacial score (nSPS) is 11.1. The van der Waals surface area contributed by atoms with Crippen molar-refractivity contribution >= 4 is 40.8 Å². The molecule has 3 aromatic rings. The number of rotatable bonds is 7. The number of halogens is 1. The summed E-state index contributed by atoms with van der Waals surface area (Å²) in [6.07, 6.45) is 3.61. The smallest absolute Gasteiger partial charge is 0.190 e. The van der Waals surface area contributed by atoms with E-state index in [0.717, 1.165) is 43.2 Å². The van der Waals surface area contributed by atoms with E-state index in [1.807, 2.05) is 18.3 Å². The van der Waals surface area contributed by atoms with Gasteiger partial charge in [0.25, 0.3) is 0 Å². The van der Waals surface area contributed by atoms with Crippen LogP contribution in [0.25, 0.3) is 10.9 Å². The molecule has 0 fully saturated rings. The number of benzene rings is 2. The van der Waals surface area contributed by atoms with Crippen molar-refractivity contribution in [1.29, 1.82) is 0 Å². The lowest BCUT2D eigenvalue weighted by atomic mass is 10.1. The van der Waals surface area contributed by atoms with Gasteiger partial charge < -0.3 is 15.4 Å². The molecule has 0 unspecified atom stereocenters. The third kappa shape index (κ3) is 6.32. The Morgan fingerprint density at radius 1 is 1.00 bits per heavy atom. The van der Waals surface area contributed by atoms with Crippen molar-refractivity contribution < 1.29 is 4.74 Å². The number of fused-ring (bicyclic) bond motifs is 1. The van der Waals surface area contributed by atoms with E-state index in [-0.39, 0.29) is 24.0 Å². The number of hydrogen-bond donors (Lipinski definition) is 2. The third-order valence-corrected chi connectivity index (χ3v) is 4.75. The molecule has 0 saturated heterocycles. The molecule has 5 nitrogen and oxygen atoms in total. The number of aromatic nitrogens is 1. The zero-order valence-electron chi connectivity index (χ0n) is 17.2. The number of para-hydroxylation sites is 1. The molecule has 2 aromatic carbocycles. The van der Waals surface area contributed by atoms with Crippen molar-refractivity contribution in [3.63, 3.8) is 0 Å². The highest BCUT2D eigenvalue weighted by molar-refractivity contribution is 14.0. The van der Waals surface area contributed by atoms with Crippen molar-refractivity contribution in [3.05, 3.63) is 71.4 Å². The molecule has 0 radical (unpaired) electrons. The maximum Gasteiger partial charge on any atom is 0.190 e. The summed E-state index contributed by atoms with van der Waals surface area (Å²) in [6, 6.07) is 16.6. The number of aliphatic imine (C=N–C) groups is 1. The second kappa shape index (κ2) is 11.6. The number of guanidine groups is 1. The van der Waals surface area contributed by atoms with E-state index < -0.39 is 0 Å². The highest BCUT2D eigenvalue weighted by Gasteiger charge is 2.05. The van der Waals surface area contributed by atoms with Gasteiger partial charge in [-0.2, -0.15) is 0 Å². The maximum absolute atomic E-state index is 5.45. The summed E-state index contributed by atoms with van der Waals surface area (Å²) in [4.78, 5) is 8.84. The van der Waals surface area contributed by atoms with E-state index in [9.17, 15) is 0 Å². The molecule has 2 N–H and O–H groups in total. The Bertz CT molecular complexity index is 953. The van der Waals surface area contributed by atoms with E-state index in [2.05, 4.69) is 63.9 Å². The number of nitrogens with one attached hydrogen (secondary N) is 2. The summed E-state index contributed by atoms with van der Waals surface area (Å²) in [5, 5.41) is 7.94. The summed E-state index contributed by atoms with van der Waals surface area (Å²) in [5.74, 6) is 1.73. The van der Waals surface area contributed by atoms with Crippen molar-refractivity contribution in [2.75, 3.05) is 27.2 Å². The quantitative estimate of drug-likeness (QED) is 0.289. The first kappa shape index (κ1) is 22.9. The number of nitrogens with zero attached hydrogens (tertiary/aromatic N) is 2. The summed E-state index contributed by atoms with van der Waals surface area (Å²) in [6.45, 7) is 3.68. The number of ether oxygens (including phenoxy) is 1. The summed E-state index contributed by atoms with van der Waals surface area (Å²) in [5.41, 5.74) is 4.75. The monoisotopic (exact) mass is 504 g/mol. The van der Waals surface area contributed by atoms with Gasteiger partial charge in [-0.05, 0) is 43.0 Å². The van der Waals surface area contributed by atoms with Crippen molar-refractivity contribution in [2.45, 2.75) is 19.8 Å². The van der Waals surface area contributed by atoms with Gasteiger partial charge >= 0.3 is 0 Å². The second-order valence-electron chi connectivity index (χ2n) is 6.73. The number of methoxy groups -OCH3 is 1. The van der Waals surface area contributed by atoms with Crippen LogP contribution in [0, 0.1) is 6.92 Å². The molecule has 0 aliphatic rings. The van der Waals surface area contributed by atoms with Gasteiger partial charge in [-0.3, -0.25) is 9.98 Å². The van der Waals surface area contributed by atoms with E-state index in [1.54, 1.807) is 14.2 Å². The highest BCUT2D eigenvalue weighted by atomic mass is 127. The average Bonchev–Trinajstić information content (AvgIpc) is 2.73. The van der Waals surface area contributed by atoms with Crippen LogP contribution in [0.2, 0.25) is 0 Å². The van der Waals surface area contributed by atoms with E-state index >= 15 is 0 Å². The van der Waals surface area contributed by atoms with Crippen molar-refractivity contribution in [3.8, 4) is 5.75 Å². The molecule has 29 heavy (non-hydrogen) atoms. The van der Waals surface area contributed by atoms with Crippen LogP contribution in [0.5, 0.6) is 5.75 Å². The summed E-state index contributed by atoms with van der Waals surface area (Å²) in [7, 11) is 3.51. The molecular formula is C23H29IN4O. The van der Waals surface area contributed by atoms with Gasteiger partial charge in [0, 0.05) is 31.7 Å². The van der Waals surface area contributed by atoms with E-state index in [1.165, 1.54) is 22.1 Å². The minimum atomic E-state index is 0. The summed E-state index contributed by atoms with van der Waals surface area (Å²) >= 11 is 0. The van der Waals surface area contributed by atoms with E-state index in [4.69, 9.17) is 4.74 Å². The lowest BCUT2D eigenvalue weighted by Crippen LogP contribution is -2.39. The van der Waals surface area contributed by atoms with Crippen LogP contribution in [-0.4, -0.2) is 38.2 Å². The van der Waals surface area contributed by atoms with Crippen LogP contribution in [0.3, 0.4) is 0 Å². The molecule has 0 aliphatic heterocycles. The number of pyridine rings is 1. The van der Waals surface area contributed by atoms with Crippen molar-refractivity contribution in [2.24, 2.45) is 4.99 Å². The molecule has 0 bridgehead atoms. The standard InChI is InChI=1S/C23H28N4O.HI/c1-17-9-10-21(28-3)20(16-17)12-15-27-23(24-2)26-14-11-19-7-4-6-18-8-5-13-25-22(18)19;/h4-10,13,16H,11-12,14-15H2,1-3H3,(H2,24,26,27);1H. The molecule has 0 spiro atoms. The predicted octanol–water partition coefficient (Wildman–Crippen LogP) is 4.12. The largest absolute Gasteiger partial charge is 0.496 e. The highest BCUT2D eigenvalue weighted by Crippen LogP contribution is 2.19. The molecule has 0 aliphatic carbocycles. The van der Waals surface area contributed by atoms with Gasteiger partial charge in [-0.1, -0.05) is 42.0 Å². The topological polar surface area (TPSA) is 58.5 Å². The fourth-order valence-corrected chi connectivity index (χ4v) is 3.32. The van der Waals surface area contributed by atoms with Gasteiger partial charge in [-0.25, -0.2) is 0 Å². The van der Waals surface area contributed by atoms with Gasteiger partial charge in [-0.15, -0.1) is 24.0 Å². The molecule has 1 heterocycles. The zero-order valence-corrected chi connectivity index (χ0v) is 19.6. The minimum Gasteiger partial charge on any atom is -0.496 e. The van der Waals surface area contributed by atoms with Crippen LogP contribution in [0.1, 0.15) is 16.7 Å². The third-order valence-electron chi connectivity index (χ3n) is 4.75. The van der Waals surface area contributed by atoms with Crippen LogP contribution < -0.4 is 15.4 Å². The number of aryl methyl sites for hydroxylation is 1.